The SMILES string of the molecule is c1ccc(-c2cccc(N3c4cc(-c5ccccc5)ccc4B4c5ccccc5N(c5ccc(C(c6ccccc6)(c6ccccc6)c6ccccc6)cc5)c5cccc3c54)c2)cc1. The summed E-state index contributed by atoms with van der Waals surface area (Å²) in [5.74, 6) is 0. The van der Waals surface area contributed by atoms with E-state index in [-0.39, 0.29) is 6.71 Å². The van der Waals surface area contributed by atoms with Gasteiger partial charge in [0.1, 0.15) is 0 Å². The lowest BCUT2D eigenvalue weighted by Crippen LogP contribution is -2.61. The van der Waals surface area contributed by atoms with Crippen molar-refractivity contribution in [3.8, 4) is 22.3 Å². The van der Waals surface area contributed by atoms with Gasteiger partial charge in [-0.1, -0.05) is 212 Å². The monoisotopic (exact) mass is 814 g/mol. The van der Waals surface area contributed by atoms with Gasteiger partial charge in [0.2, 0.25) is 0 Å². The highest BCUT2D eigenvalue weighted by molar-refractivity contribution is 7.00. The molecule has 2 heterocycles. The number of rotatable bonds is 8. The molecule has 12 rings (SSSR count). The molecule has 10 aromatic carbocycles. The number of hydrogen-bond donors (Lipinski definition) is 0. The molecule has 0 aromatic heterocycles. The van der Waals surface area contributed by atoms with E-state index in [0.29, 0.717) is 0 Å². The fourth-order valence-corrected chi connectivity index (χ4v) is 10.6. The van der Waals surface area contributed by atoms with Gasteiger partial charge in [-0.2, -0.15) is 0 Å². The molecule has 0 aliphatic carbocycles. The second-order valence-corrected chi connectivity index (χ2v) is 16.8. The van der Waals surface area contributed by atoms with E-state index in [2.05, 4.69) is 271 Å². The van der Waals surface area contributed by atoms with E-state index in [1.807, 2.05) is 0 Å². The Balaban J connectivity index is 1.06. The Labute approximate surface area is 376 Å². The summed E-state index contributed by atoms with van der Waals surface area (Å²) in [6, 6.07) is 95.8. The van der Waals surface area contributed by atoms with Crippen molar-refractivity contribution in [1.29, 1.82) is 0 Å². The third-order valence-electron chi connectivity index (χ3n) is 13.4. The molecule has 0 saturated carbocycles. The molecule has 300 valence electrons. The zero-order valence-electron chi connectivity index (χ0n) is 35.3. The van der Waals surface area contributed by atoms with Crippen LogP contribution in [0.25, 0.3) is 22.3 Å². The Bertz CT molecular complexity index is 3170. The normalized spacial score (nSPS) is 12.6. The van der Waals surface area contributed by atoms with Crippen LogP contribution in [0.3, 0.4) is 0 Å². The Hall–Kier alpha value is -8.14. The maximum atomic E-state index is 2.51. The standard InChI is InChI=1S/C61H43BN2/c1-6-20-44(21-7-1)46-24-18-31-53(42-46)64-58-35-19-34-57-60(58)62(55-41-36-47(43-59(55)64)45-22-8-2-9-23-45)54-32-16-17-33-56(54)63(57)52-39-37-51(38-40-52)61(48-25-10-3-11-26-48,49-27-12-4-13-28-49)50-29-14-5-15-30-50/h1-43H. The predicted octanol–water partition coefficient (Wildman–Crippen LogP) is 13.5. The van der Waals surface area contributed by atoms with Crippen LogP contribution in [0.4, 0.5) is 34.1 Å². The zero-order chi connectivity index (χ0) is 42.5. The minimum absolute atomic E-state index is 0.0354. The molecule has 0 atom stereocenters. The van der Waals surface area contributed by atoms with E-state index >= 15 is 0 Å². The first kappa shape index (κ1) is 37.6. The summed E-state index contributed by atoms with van der Waals surface area (Å²) < 4.78 is 0. The van der Waals surface area contributed by atoms with Gasteiger partial charge in [-0.05, 0) is 109 Å². The Kier molecular flexibility index (Phi) is 9.20. The third-order valence-corrected chi connectivity index (χ3v) is 13.4. The highest BCUT2D eigenvalue weighted by Gasteiger charge is 2.44. The average molecular weight is 815 g/mol. The molecule has 64 heavy (non-hydrogen) atoms. The summed E-state index contributed by atoms with van der Waals surface area (Å²) in [4.78, 5) is 5.00. The number of benzene rings is 10. The predicted molar refractivity (Wildman–Crippen MR) is 270 cm³/mol. The lowest BCUT2D eigenvalue weighted by atomic mass is 9.33. The van der Waals surface area contributed by atoms with Crippen LogP contribution in [0.1, 0.15) is 22.3 Å². The van der Waals surface area contributed by atoms with Crippen LogP contribution in [0.2, 0.25) is 0 Å². The minimum Gasteiger partial charge on any atom is -0.311 e. The van der Waals surface area contributed by atoms with Crippen molar-refractivity contribution in [1.82, 2.24) is 0 Å². The van der Waals surface area contributed by atoms with Gasteiger partial charge in [-0.15, -0.1) is 0 Å². The maximum absolute atomic E-state index is 2.51. The first-order valence-corrected chi connectivity index (χ1v) is 22.2. The van der Waals surface area contributed by atoms with Crippen molar-refractivity contribution >= 4 is 57.2 Å². The molecule has 0 bridgehead atoms. The molecule has 0 spiro atoms. The first-order chi connectivity index (χ1) is 31.8. The molecule has 2 aliphatic rings. The number of anilines is 6. The van der Waals surface area contributed by atoms with Crippen LogP contribution in [-0.2, 0) is 5.41 Å². The molecule has 3 heteroatoms. The molecule has 0 radical (unpaired) electrons. The molecule has 0 amide bonds. The smallest absolute Gasteiger partial charge is 0.252 e. The summed E-state index contributed by atoms with van der Waals surface area (Å²) in [5.41, 5.74) is 20.1. The van der Waals surface area contributed by atoms with Gasteiger partial charge < -0.3 is 9.80 Å². The molecular formula is C61H43BN2. The van der Waals surface area contributed by atoms with Gasteiger partial charge >= 0.3 is 0 Å². The van der Waals surface area contributed by atoms with Crippen LogP contribution < -0.4 is 26.2 Å². The van der Waals surface area contributed by atoms with E-state index in [1.54, 1.807) is 0 Å². The maximum Gasteiger partial charge on any atom is 0.252 e. The molecule has 2 nitrogen and oxygen atoms in total. The van der Waals surface area contributed by atoms with E-state index in [4.69, 9.17) is 0 Å². The summed E-state index contributed by atoms with van der Waals surface area (Å²) >= 11 is 0. The number of para-hydroxylation sites is 1. The van der Waals surface area contributed by atoms with Crippen LogP contribution in [0.15, 0.2) is 261 Å². The molecule has 0 fully saturated rings. The Morgan fingerprint density at radius 1 is 0.266 bits per heavy atom. The van der Waals surface area contributed by atoms with E-state index < -0.39 is 5.41 Å². The highest BCUT2D eigenvalue weighted by atomic mass is 15.2. The quantitative estimate of drug-likeness (QED) is 0.111. The van der Waals surface area contributed by atoms with E-state index in [1.165, 1.54) is 83.6 Å². The van der Waals surface area contributed by atoms with Gasteiger partial charge in [0.15, 0.2) is 0 Å². The number of nitrogens with zero attached hydrogens (tertiary/aromatic N) is 2. The van der Waals surface area contributed by atoms with Gasteiger partial charge in [0, 0.05) is 34.1 Å². The second-order valence-electron chi connectivity index (χ2n) is 16.8. The number of fused-ring (bicyclic) bond motifs is 4. The first-order valence-electron chi connectivity index (χ1n) is 22.2. The van der Waals surface area contributed by atoms with Crippen molar-refractivity contribution < 1.29 is 0 Å². The van der Waals surface area contributed by atoms with E-state index in [9.17, 15) is 0 Å². The largest absolute Gasteiger partial charge is 0.311 e. The van der Waals surface area contributed by atoms with Gasteiger partial charge in [-0.25, -0.2) is 0 Å². The molecule has 2 aliphatic heterocycles. The molecular weight excluding hydrogens is 771 g/mol. The second kappa shape index (κ2) is 15.6. The highest BCUT2D eigenvalue weighted by Crippen LogP contribution is 2.48. The van der Waals surface area contributed by atoms with Crippen molar-refractivity contribution in [2.45, 2.75) is 5.41 Å². The van der Waals surface area contributed by atoms with Crippen molar-refractivity contribution in [2.75, 3.05) is 9.80 Å². The number of hydrogen-bond acceptors (Lipinski definition) is 2. The van der Waals surface area contributed by atoms with E-state index in [0.717, 1.165) is 11.4 Å². The summed E-state index contributed by atoms with van der Waals surface area (Å²) in [7, 11) is 0. The van der Waals surface area contributed by atoms with Crippen molar-refractivity contribution in [2.24, 2.45) is 0 Å². The van der Waals surface area contributed by atoms with Crippen LogP contribution in [0, 0.1) is 0 Å². The van der Waals surface area contributed by atoms with Crippen LogP contribution >= 0.6 is 0 Å². The fraction of sp³-hybridized carbons (Fsp3) is 0.0164. The average Bonchev–Trinajstić information content (AvgIpc) is 3.38. The van der Waals surface area contributed by atoms with Crippen LogP contribution in [-0.4, -0.2) is 6.71 Å². The van der Waals surface area contributed by atoms with Crippen molar-refractivity contribution in [3.63, 3.8) is 0 Å². The van der Waals surface area contributed by atoms with Gasteiger partial charge in [0.25, 0.3) is 6.71 Å². The minimum atomic E-state index is -0.532. The Morgan fingerprint density at radius 2 is 0.688 bits per heavy atom. The summed E-state index contributed by atoms with van der Waals surface area (Å²) in [5, 5.41) is 0. The molecule has 0 N–H and O–H groups in total. The molecule has 0 saturated heterocycles. The van der Waals surface area contributed by atoms with Crippen molar-refractivity contribution in [3.05, 3.63) is 283 Å². The zero-order valence-corrected chi connectivity index (χ0v) is 35.3. The molecule has 0 unspecified atom stereocenters. The fourth-order valence-electron chi connectivity index (χ4n) is 10.6. The summed E-state index contributed by atoms with van der Waals surface area (Å²) in [6.07, 6.45) is 0. The lowest BCUT2D eigenvalue weighted by molar-refractivity contribution is 0.745. The Morgan fingerprint density at radius 3 is 1.27 bits per heavy atom. The topological polar surface area (TPSA) is 6.48 Å². The summed E-state index contributed by atoms with van der Waals surface area (Å²) in [6.45, 7) is 0.0354. The molecule has 10 aromatic rings. The van der Waals surface area contributed by atoms with Gasteiger partial charge in [0.05, 0.1) is 5.41 Å². The van der Waals surface area contributed by atoms with Crippen LogP contribution in [0.5, 0.6) is 0 Å². The third kappa shape index (κ3) is 6.04. The lowest BCUT2D eigenvalue weighted by Gasteiger charge is -2.44. The van der Waals surface area contributed by atoms with Gasteiger partial charge in [-0.3, -0.25) is 0 Å².